The Morgan fingerprint density at radius 2 is 2.32 bits per heavy atom. The number of esters is 1. The highest BCUT2D eigenvalue weighted by atomic mass is 32.2. The van der Waals surface area contributed by atoms with Crippen molar-refractivity contribution in [2.24, 2.45) is 0 Å². The van der Waals surface area contributed by atoms with Gasteiger partial charge in [0.25, 0.3) is 0 Å². The Labute approximate surface area is 117 Å². The average molecular weight is 301 g/mol. The third kappa shape index (κ3) is 2.64. The minimum absolute atomic E-state index is 0.0569. The summed E-state index contributed by atoms with van der Waals surface area (Å²) < 4.78 is 4.05. The summed E-state index contributed by atoms with van der Waals surface area (Å²) in [6, 6.07) is 0. The molecule has 1 fully saturated rings. The monoisotopic (exact) mass is 301 g/mol. The summed E-state index contributed by atoms with van der Waals surface area (Å²) in [6.07, 6.45) is 1.73. The highest BCUT2D eigenvalue weighted by molar-refractivity contribution is 8.19. The van der Waals surface area contributed by atoms with Gasteiger partial charge in [-0.1, -0.05) is 18.3 Å². The number of hydrogen-bond donors (Lipinski definition) is 1. The molecule has 0 saturated carbocycles. The summed E-state index contributed by atoms with van der Waals surface area (Å²) in [5, 5.41) is 9.10. The molecule has 0 aromatic carbocycles. The Balaban J connectivity index is 2.15. The molecule has 0 aliphatic carbocycles. The number of carbonyl (C=O) groups excluding carboxylic acids is 2. The lowest BCUT2D eigenvalue weighted by molar-refractivity contribution is -0.138. The van der Waals surface area contributed by atoms with E-state index in [-0.39, 0.29) is 21.8 Å². The van der Waals surface area contributed by atoms with Crippen LogP contribution in [0.5, 0.6) is 0 Å². The molecule has 1 N–H and O–H groups in total. The summed E-state index contributed by atoms with van der Waals surface area (Å²) in [7, 11) is 1.24. The third-order valence-electron chi connectivity index (χ3n) is 2.67. The van der Waals surface area contributed by atoms with E-state index in [2.05, 4.69) is 11.3 Å². The first-order valence-electron chi connectivity index (χ1n) is 5.29. The molecule has 6 nitrogen and oxygen atoms in total. The highest BCUT2D eigenvalue weighted by Crippen LogP contribution is 2.46. The zero-order valence-electron chi connectivity index (χ0n) is 9.99. The Kier molecular flexibility index (Phi) is 3.91. The van der Waals surface area contributed by atoms with Gasteiger partial charge in [0.05, 0.1) is 34.0 Å². The molecule has 0 aromatic heterocycles. The number of amides is 1. The van der Waals surface area contributed by atoms with Gasteiger partial charge < -0.3 is 14.7 Å². The number of β-lactam (4-membered cyclic amide) rings is 1. The zero-order chi connectivity index (χ0) is 14.2. The summed E-state index contributed by atoms with van der Waals surface area (Å²) in [5.41, 5.74) is 0.0735. The van der Waals surface area contributed by atoms with E-state index in [1.807, 2.05) is 0 Å². The summed E-state index contributed by atoms with van der Waals surface area (Å²) in [4.78, 5) is 35.3. The molecule has 2 heterocycles. The van der Waals surface area contributed by atoms with Gasteiger partial charge in [-0.25, -0.2) is 9.59 Å². The molecule has 2 aliphatic heterocycles. The lowest BCUT2D eigenvalue weighted by Crippen LogP contribution is -2.50. The van der Waals surface area contributed by atoms with Crippen LogP contribution in [-0.2, 0) is 19.1 Å². The van der Waals surface area contributed by atoms with E-state index in [0.717, 1.165) is 11.8 Å². The van der Waals surface area contributed by atoms with Crippen LogP contribution in [0.3, 0.4) is 0 Å². The lowest BCUT2D eigenvalue weighted by atomic mass is 10.2. The van der Waals surface area contributed by atoms with Crippen molar-refractivity contribution in [2.75, 3.05) is 7.11 Å². The standard InChI is InChI=1S/C11H11NO5S2/c1-5(10(16)17-2)18-11-6(9(14)15)4-12-7(13)3-8(12)19-11/h4,8,11H,1,3H2,2H3,(H,14,15)/t8-,11?/m1/s1. The van der Waals surface area contributed by atoms with Crippen LogP contribution in [0.15, 0.2) is 23.3 Å². The quantitative estimate of drug-likeness (QED) is 0.471. The molecule has 1 amide bonds. The van der Waals surface area contributed by atoms with Crippen LogP contribution in [0.4, 0.5) is 0 Å². The van der Waals surface area contributed by atoms with Crippen molar-refractivity contribution in [3.63, 3.8) is 0 Å². The van der Waals surface area contributed by atoms with Crippen molar-refractivity contribution in [2.45, 2.75) is 16.4 Å². The van der Waals surface area contributed by atoms with Gasteiger partial charge in [0.2, 0.25) is 5.91 Å². The Bertz CT molecular complexity index is 501. The van der Waals surface area contributed by atoms with Crippen LogP contribution in [0, 0.1) is 0 Å². The lowest BCUT2D eigenvalue weighted by Gasteiger charge is -2.43. The van der Waals surface area contributed by atoms with Crippen molar-refractivity contribution >= 4 is 41.4 Å². The normalized spacial score (nSPS) is 25.0. The number of rotatable bonds is 4. The fraction of sp³-hybridized carbons (Fsp3) is 0.364. The second kappa shape index (κ2) is 5.30. The number of thioether (sulfide) groups is 2. The van der Waals surface area contributed by atoms with E-state index in [9.17, 15) is 14.4 Å². The van der Waals surface area contributed by atoms with Gasteiger partial charge in [-0.3, -0.25) is 4.79 Å². The molecule has 19 heavy (non-hydrogen) atoms. The molecule has 0 spiro atoms. The van der Waals surface area contributed by atoms with Crippen LogP contribution in [0.2, 0.25) is 0 Å². The topological polar surface area (TPSA) is 83.9 Å². The fourth-order valence-corrected chi connectivity index (χ4v) is 4.46. The molecule has 8 heteroatoms. The molecule has 0 radical (unpaired) electrons. The first kappa shape index (κ1) is 14.0. The first-order valence-corrected chi connectivity index (χ1v) is 7.11. The van der Waals surface area contributed by atoms with Gasteiger partial charge >= 0.3 is 11.9 Å². The van der Waals surface area contributed by atoms with Crippen LogP contribution in [0.25, 0.3) is 0 Å². The number of carboxylic acid groups (broad SMARTS) is 1. The highest BCUT2D eigenvalue weighted by Gasteiger charge is 2.43. The second-order valence-electron chi connectivity index (χ2n) is 3.85. The van der Waals surface area contributed by atoms with Crippen LogP contribution in [0.1, 0.15) is 6.42 Å². The number of aliphatic carboxylic acids is 1. The van der Waals surface area contributed by atoms with Crippen LogP contribution in [-0.4, -0.2) is 44.9 Å². The largest absolute Gasteiger partial charge is 0.478 e. The molecule has 2 atom stereocenters. The zero-order valence-corrected chi connectivity index (χ0v) is 11.6. The van der Waals surface area contributed by atoms with E-state index >= 15 is 0 Å². The molecule has 2 rings (SSSR count). The Morgan fingerprint density at radius 1 is 1.63 bits per heavy atom. The number of hydrogen-bond acceptors (Lipinski definition) is 6. The molecule has 0 aromatic rings. The number of carboxylic acids is 1. The van der Waals surface area contributed by atoms with Gasteiger partial charge in [0.15, 0.2) is 0 Å². The minimum atomic E-state index is -1.11. The van der Waals surface area contributed by atoms with Crippen molar-refractivity contribution in [1.29, 1.82) is 0 Å². The van der Waals surface area contributed by atoms with E-state index in [4.69, 9.17) is 5.11 Å². The third-order valence-corrected chi connectivity index (χ3v) is 5.42. The molecule has 102 valence electrons. The van der Waals surface area contributed by atoms with Gasteiger partial charge in [-0.05, 0) is 0 Å². The number of ether oxygens (including phenoxy) is 1. The summed E-state index contributed by atoms with van der Waals surface area (Å²) >= 11 is 2.37. The first-order chi connectivity index (χ1) is 8.93. The number of methoxy groups -OCH3 is 1. The minimum Gasteiger partial charge on any atom is -0.478 e. The van der Waals surface area contributed by atoms with E-state index in [1.54, 1.807) is 0 Å². The predicted molar refractivity (Wildman–Crippen MR) is 71.1 cm³/mol. The van der Waals surface area contributed by atoms with Crippen LogP contribution >= 0.6 is 23.5 Å². The number of fused-ring (bicyclic) bond motifs is 1. The molecular formula is C11H11NO5S2. The van der Waals surface area contributed by atoms with Crippen LogP contribution < -0.4 is 0 Å². The van der Waals surface area contributed by atoms with Gasteiger partial charge in [0.1, 0.15) is 0 Å². The van der Waals surface area contributed by atoms with Gasteiger partial charge in [0, 0.05) is 6.20 Å². The number of nitrogens with zero attached hydrogens (tertiary/aromatic N) is 1. The second-order valence-corrected chi connectivity index (χ2v) is 6.64. The van der Waals surface area contributed by atoms with E-state index < -0.39 is 16.5 Å². The van der Waals surface area contributed by atoms with Crippen molar-refractivity contribution < 1.29 is 24.2 Å². The molecule has 1 unspecified atom stereocenters. The molecule has 2 aliphatic rings. The average Bonchev–Trinajstić information content (AvgIpc) is 2.36. The summed E-state index contributed by atoms with van der Waals surface area (Å²) in [5.74, 6) is -1.78. The van der Waals surface area contributed by atoms with Gasteiger partial charge in [-0.2, -0.15) is 0 Å². The van der Waals surface area contributed by atoms with Crippen molar-refractivity contribution in [3.05, 3.63) is 23.3 Å². The maximum atomic E-state index is 11.3. The van der Waals surface area contributed by atoms with E-state index in [1.165, 1.54) is 30.0 Å². The maximum absolute atomic E-state index is 11.3. The maximum Gasteiger partial charge on any atom is 0.343 e. The molecule has 0 bridgehead atoms. The van der Waals surface area contributed by atoms with Crippen molar-refractivity contribution in [1.82, 2.24) is 4.90 Å². The van der Waals surface area contributed by atoms with Gasteiger partial charge in [-0.15, -0.1) is 11.8 Å². The smallest absolute Gasteiger partial charge is 0.343 e. The Morgan fingerprint density at radius 3 is 2.84 bits per heavy atom. The molecule has 1 saturated heterocycles. The number of carbonyl (C=O) groups is 3. The Hall–Kier alpha value is -1.41. The predicted octanol–water partition coefficient (Wildman–Crippen LogP) is 1.01. The fourth-order valence-electron chi connectivity index (χ4n) is 1.64. The summed E-state index contributed by atoms with van der Waals surface area (Å²) in [6.45, 7) is 3.56. The molecular weight excluding hydrogens is 290 g/mol. The SMILES string of the molecule is C=C(SC1S[C@@H]2CC(=O)N2C=C1C(=O)O)C(=O)OC. The van der Waals surface area contributed by atoms with E-state index in [0.29, 0.717) is 6.42 Å². The van der Waals surface area contributed by atoms with Crippen molar-refractivity contribution in [3.8, 4) is 0 Å².